The number of ether oxygens (including phenoxy) is 2. The Hall–Kier alpha value is -3.48. The SMILES string of the molecule is COc1cc(OC)cc(C(NC(=O)/C=C/c2ccc(C)o2)c2nccn2C)c1. The standard InChI is InChI=1S/C21H23N3O4/c1-14-5-6-16(28-14)7-8-19(25)23-20(21-22-9-10-24(21)2)15-11-17(26-3)13-18(12-15)27-4/h5-13,20H,1-4H3,(H,23,25)/b8-7+. The predicted octanol–water partition coefficient (Wildman–Crippen LogP) is 3.26. The number of furan rings is 1. The van der Waals surface area contributed by atoms with Crippen molar-refractivity contribution in [3.8, 4) is 11.5 Å². The van der Waals surface area contributed by atoms with Crippen molar-refractivity contribution in [3.63, 3.8) is 0 Å². The fourth-order valence-corrected chi connectivity index (χ4v) is 2.84. The van der Waals surface area contributed by atoms with Crippen molar-refractivity contribution in [1.29, 1.82) is 0 Å². The molecule has 1 atom stereocenters. The van der Waals surface area contributed by atoms with Crippen LogP contribution >= 0.6 is 0 Å². The number of nitrogens with zero attached hydrogens (tertiary/aromatic N) is 2. The molecule has 146 valence electrons. The van der Waals surface area contributed by atoms with Crippen molar-refractivity contribution in [1.82, 2.24) is 14.9 Å². The first-order valence-electron chi connectivity index (χ1n) is 8.75. The van der Waals surface area contributed by atoms with Crippen LogP contribution in [-0.4, -0.2) is 29.7 Å². The Morgan fingerprint density at radius 3 is 2.46 bits per heavy atom. The van der Waals surface area contributed by atoms with Crippen LogP contribution in [0.3, 0.4) is 0 Å². The molecule has 1 aromatic carbocycles. The lowest BCUT2D eigenvalue weighted by Gasteiger charge is -2.20. The Balaban J connectivity index is 1.91. The first kappa shape index (κ1) is 19.3. The summed E-state index contributed by atoms with van der Waals surface area (Å²) >= 11 is 0. The third-order valence-electron chi connectivity index (χ3n) is 4.27. The van der Waals surface area contributed by atoms with E-state index in [1.807, 2.05) is 49.0 Å². The van der Waals surface area contributed by atoms with Gasteiger partial charge in [0.2, 0.25) is 5.91 Å². The highest BCUT2D eigenvalue weighted by Crippen LogP contribution is 2.29. The van der Waals surface area contributed by atoms with Crippen molar-refractivity contribution < 1.29 is 18.7 Å². The predicted molar refractivity (Wildman–Crippen MR) is 105 cm³/mol. The van der Waals surface area contributed by atoms with Crippen molar-refractivity contribution in [2.24, 2.45) is 7.05 Å². The molecule has 1 unspecified atom stereocenters. The van der Waals surface area contributed by atoms with Gasteiger partial charge in [-0.3, -0.25) is 4.79 Å². The van der Waals surface area contributed by atoms with Gasteiger partial charge in [-0.1, -0.05) is 0 Å². The highest BCUT2D eigenvalue weighted by molar-refractivity contribution is 5.91. The van der Waals surface area contributed by atoms with Crippen LogP contribution in [0.4, 0.5) is 0 Å². The molecule has 2 heterocycles. The summed E-state index contributed by atoms with van der Waals surface area (Å²) in [6, 6.07) is 8.64. The maximum atomic E-state index is 12.6. The largest absolute Gasteiger partial charge is 0.497 e. The third-order valence-corrected chi connectivity index (χ3v) is 4.27. The number of carbonyl (C=O) groups is 1. The Morgan fingerprint density at radius 2 is 1.93 bits per heavy atom. The molecule has 0 bridgehead atoms. The molecule has 0 radical (unpaired) electrons. The van der Waals surface area contributed by atoms with Gasteiger partial charge in [0.05, 0.1) is 14.2 Å². The van der Waals surface area contributed by atoms with Gasteiger partial charge in [0, 0.05) is 31.6 Å². The zero-order valence-corrected chi connectivity index (χ0v) is 16.3. The molecule has 3 aromatic rings. The van der Waals surface area contributed by atoms with Crippen LogP contribution < -0.4 is 14.8 Å². The number of methoxy groups -OCH3 is 2. The minimum absolute atomic E-state index is 0.274. The molecule has 0 spiro atoms. The van der Waals surface area contributed by atoms with Crippen molar-refractivity contribution >= 4 is 12.0 Å². The lowest BCUT2D eigenvalue weighted by molar-refractivity contribution is -0.117. The minimum Gasteiger partial charge on any atom is -0.497 e. The summed E-state index contributed by atoms with van der Waals surface area (Å²) in [5, 5.41) is 2.99. The topological polar surface area (TPSA) is 78.5 Å². The van der Waals surface area contributed by atoms with E-state index in [-0.39, 0.29) is 5.91 Å². The van der Waals surface area contributed by atoms with Crippen molar-refractivity contribution in [3.05, 3.63) is 71.7 Å². The van der Waals surface area contributed by atoms with E-state index in [0.29, 0.717) is 23.1 Å². The lowest BCUT2D eigenvalue weighted by Crippen LogP contribution is -2.29. The number of imidazole rings is 1. The highest BCUT2D eigenvalue weighted by atomic mass is 16.5. The first-order chi connectivity index (χ1) is 13.5. The van der Waals surface area contributed by atoms with E-state index in [1.165, 1.54) is 6.08 Å². The average molecular weight is 381 g/mol. The van der Waals surface area contributed by atoms with Gasteiger partial charge in [0.1, 0.15) is 34.9 Å². The number of rotatable bonds is 7. The summed E-state index contributed by atoms with van der Waals surface area (Å²) in [4.78, 5) is 17.0. The first-order valence-corrected chi connectivity index (χ1v) is 8.75. The fraction of sp³-hybridized carbons (Fsp3) is 0.238. The highest BCUT2D eigenvalue weighted by Gasteiger charge is 2.21. The normalized spacial score (nSPS) is 12.1. The van der Waals surface area contributed by atoms with E-state index in [2.05, 4.69) is 10.3 Å². The zero-order chi connectivity index (χ0) is 20.1. The number of hydrogen-bond acceptors (Lipinski definition) is 5. The van der Waals surface area contributed by atoms with Crippen molar-refractivity contribution in [2.45, 2.75) is 13.0 Å². The Bertz CT molecular complexity index is 965. The van der Waals surface area contributed by atoms with Gasteiger partial charge in [-0.2, -0.15) is 0 Å². The molecule has 0 aliphatic rings. The quantitative estimate of drug-likeness (QED) is 0.636. The maximum absolute atomic E-state index is 12.6. The monoisotopic (exact) mass is 381 g/mol. The summed E-state index contributed by atoms with van der Waals surface area (Å²) in [6.07, 6.45) is 6.58. The van der Waals surface area contributed by atoms with E-state index in [0.717, 1.165) is 11.3 Å². The van der Waals surface area contributed by atoms with Crippen LogP contribution in [0.1, 0.15) is 29.0 Å². The molecule has 1 amide bonds. The van der Waals surface area contributed by atoms with Crippen molar-refractivity contribution in [2.75, 3.05) is 14.2 Å². The molecule has 0 saturated carbocycles. The molecule has 28 heavy (non-hydrogen) atoms. The summed E-state index contributed by atoms with van der Waals surface area (Å²) < 4.78 is 18.0. The molecule has 0 aliphatic heterocycles. The Kier molecular flexibility index (Phi) is 5.84. The van der Waals surface area contributed by atoms with Gasteiger partial charge in [-0.05, 0) is 42.8 Å². The van der Waals surface area contributed by atoms with Crippen LogP contribution in [-0.2, 0) is 11.8 Å². The van der Waals surface area contributed by atoms with Gasteiger partial charge in [-0.15, -0.1) is 0 Å². The molecule has 2 aromatic heterocycles. The van der Waals surface area contributed by atoms with Gasteiger partial charge in [-0.25, -0.2) is 4.98 Å². The second-order valence-electron chi connectivity index (χ2n) is 6.27. The molecular weight excluding hydrogens is 358 g/mol. The molecule has 0 saturated heterocycles. The molecule has 3 rings (SSSR count). The number of amides is 1. The van der Waals surface area contributed by atoms with Crippen LogP contribution in [0, 0.1) is 6.92 Å². The molecule has 0 fully saturated rings. The van der Waals surface area contributed by atoms with Crippen LogP contribution in [0.25, 0.3) is 6.08 Å². The summed E-state index contributed by atoms with van der Waals surface area (Å²) in [6.45, 7) is 1.85. The number of nitrogens with one attached hydrogen (secondary N) is 1. The molecular formula is C21H23N3O4. The second kappa shape index (κ2) is 8.47. The van der Waals surface area contributed by atoms with E-state index in [4.69, 9.17) is 13.9 Å². The van der Waals surface area contributed by atoms with Gasteiger partial charge < -0.3 is 23.8 Å². The van der Waals surface area contributed by atoms with Crippen LogP contribution in [0.5, 0.6) is 11.5 Å². The third kappa shape index (κ3) is 4.43. The number of hydrogen-bond donors (Lipinski definition) is 1. The Morgan fingerprint density at radius 1 is 1.21 bits per heavy atom. The lowest BCUT2D eigenvalue weighted by atomic mass is 10.0. The molecule has 7 heteroatoms. The maximum Gasteiger partial charge on any atom is 0.244 e. The second-order valence-corrected chi connectivity index (χ2v) is 6.27. The van der Waals surface area contributed by atoms with E-state index in [9.17, 15) is 4.79 Å². The summed E-state index contributed by atoms with van der Waals surface area (Å²) in [5.74, 6) is 3.07. The summed E-state index contributed by atoms with van der Waals surface area (Å²) in [5.41, 5.74) is 0.793. The molecule has 7 nitrogen and oxygen atoms in total. The van der Waals surface area contributed by atoms with E-state index < -0.39 is 6.04 Å². The fourth-order valence-electron chi connectivity index (χ4n) is 2.84. The number of aromatic nitrogens is 2. The van der Waals surface area contributed by atoms with Gasteiger partial charge >= 0.3 is 0 Å². The minimum atomic E-state index is -0.487. The zero-order valence-electron chi connectivity index (χ0n) is 16.3. The smallest absolute Gasteiger partial charge is 0.244 e. The van der Waals surface area contributed by atoms with Crippen LogP contribution in [0.2, 0.25) is 0 Å². The average Bonchev–Trinajstić information content (AvgIpc) is 3.31. The van der Waals surface area contributed by atoms with Crippen LogP contribution in [0.15, 0.2) is 53.2 Å². The van der Waals surface area contributed by atoms with Gasteiger partial charge in [0.15, 0.2) is 0 Å². The van der Waals surface area contributed by atoms with E-state index >= 15 is 0 Å². The number of aryl methyl sites for hydroxylation is 2. The number of carbonyl (C=O) groups excluding carboxylic acids is 1. The van der Waals surface area contributed by atoms with Gasteiger partial charge in [0.25, 0.3) is 0 Å². The summed E-state index contributed by atoms with van der Waals surface area (Å²) in [7, 11) is 5.04. The van der Waals surface area contributed by atoms with E-state index in [1.54, 1.807) is 32.6 Å². The Labute approximate surface area is 163 Å². The molecule has 1 N–H and O–H groups in total. The number of benzene rings is 1. The molecule has 0 aliphatic carbocycles.